The summed E-state index contributed by atoms with van der Waals surface area (Å²) in [6.07, 6.45) is 10.2. The van der Waals surface area contributed by atoms with Gasteiger partial charge in [-0.1, -0.05) is 121 Å². The van der Waals surface area contributed by atoms with Crippen molar-refractivity contribution in [1.82, 2.24) is 0 Å². The third kappa shape index (κ3) is 9.62. The molecule has 0 saturated carbocycles. The third-order valence-corrected chi connectivity index (χ3v) is 9.04. The van der Waals surface area contributed by atoms with Crippen LogP contribution in [0.2, 0.25) is 0 Å². The van der Waals surface area contributed by atoms with Crippen molar-refractivity contribution in [2.45, 2.75) is 6.42 Å². The molecule has 5 heteroatoms. The zero-order valence-electron chi connectivity index (χ0n) is 19.6. The van der Waals surface area contributed by atoms with Crippen molar-refractivity contribution < 1.29 is 61.6 Å². The van der Waals surface area contributed by atoms with Gasteiger partial charge in [-0.2, -0.15) is 0 Å². The zero-order chi connectivity index (χ0) is 22.7. The average molecular weight is 714 g/mol. The predicted octanol–water partition coefficient (Wildman–Crippen LogP) is -1.29. The van der Waals surface area contributed by atoms with E-state index in [1.807, 2.05) is 0 Å². The molecule has 0 unspecified atom stereocenters. The van der Waals surface area contributed by atoms with E-state index < -0.39 is 7.92 Å². The summed E-state index contributed by atoms with van der Waals surface area (Å²) in [7, 11) is -0.653. The molecule has 0 radical (unpaired) electrons. The van der Waals surface area contributed by atoms with Gasteiger partial charge in [-0.25, -0.2) is 0 Å². The molecule has 0 bridgehead atoms. The Kier molecular flexibility index (Phi) is 15.9. The minimum absolute atomic E-state index is 0. The van der Waals surface area contributed by atoms with Crippen molar-refractivity contribution in [2.24, 2.45) is 0 Å². The molecular weight excluding hydrogens is 688 g/mol. The zero-order valence-corrected chi connectivity index (χ0v) is 26.4. The molecule has 1 aliphatic rings. The van der Waals surface area contributed by atoms with Crippen LogP contribution in [-0.2, 0) is 24.4 Å². The maximum absolute atomic E-state index is 2.35. The molecule has 4 aromatic rings. The van der Waals surface area contributed by atoms with Gasteiger partial charge >= 0.3 is 52.4 Å². The molecule has 0 amide bonds. The van der Waals surface area contributed by atoms with Gasteiger partial charge in [-0.05, 0) is 41.0 Å². The Hall–Kier alpha value is -1.73. The van der Waals surface area contributed by atoms with Gasteiger partial charge < -0.3 is 37.2 Å². The molecule has 0 atom stereocenters. The molecule has 0 fully saturated rings. The Bertz CT molecular complexity index is 1180. The van der Waals surface area contributed by atoms with E-state index in [4.69, 9.17) is 0 Å². The van der Waals surface area contributed by atoms with Crippen LogP contribution in [0, 0.1) is 0 Å². The van der Waals surface area contributed by atoms with Crippen LogP contribution in [0.1, 0.15) is 17.5 Å². The Morgan fingerprint density at radius 2 is 1.06 bits per heavy atom. The number of allylic oxidation sites excluding steroid dienone is 4. The number of hydrogen-bond donors (Lipinski definition) is 0. The van der Waals surface area contributed by atoms with Gasteiger partial charge in [0.05, 0.1) is 0 Å². The summed E-state index contributed by atoms with van der Waals surface area (Å²) in [5.41, 5.74) is 2.51. The second-order valence-corrected chi connectivity index (χ2v) is 11.9. The van der Waals surface area contributed by atoms with E-state index in [0.717, 1.165) is 0 Å². The van der Waals surface area contributed by atoms with E-state index in [0.29, 0.717) is 0 Å². The second-order valence-electron chi connectivity index (χ2n) is 7.61. The summed E-state index contributed by atoms with van der Waals surface area (Å²) < 4.78 is 1.54. The molecule has 0 nitrogen and oxygen atoms in total. The molecule has 0 aliphatic heterocycles. The van der Waals surface area contributed by atoms with Crippen molar-refractivity contribution >= 4 is 29.9 Å². The Balaban J connectivity index is 0.000000636. The first-order valence-corrected chi connectivity index (χ1v) is 14.3. The van der Waals surface area contributed by atoms with Crippen LogP contribution in [-0.4, -0.2) is 0 Å². The Labute approximate surface area is 250 Å². The molecule has 0 saturated heterocycles. The van der Waals surface area contributed by atoms with Gasteiger partial charge in [0.1, 0.15) is 0 Å². The first kappa shape index (κ1) is 32.3. The van der Waals surface area contributed by atoms with E-state index in [9.17, 15) is 0 Å². The summed E-state index contributed by atoms with van der Waals surface area (Å²) >= 11 is 1.23. The van der Waals surface area contributed by atoms with Crippen molar-refractivity contribution in [1.29, 1.82) is 0 Å². The first-order valence-electron chi connectivity index (χ1n) is 11.1. The summed E-state index contributed by atoms with van der Waals surface area (Å²) in [4.78, 5) is 0. The van der Waals surface area contributed by atoms with E-state index in [2.05, 4.69) is 146 Å². The minimum atomic E-state index is -0.653. The van der Waals surface area contributed by atoms with E-state index in [1.54, 1.807) is 0 Å². The number of halogens is 3. The van der Waals surface area contributed by atoms with Crippen LogP contribution >= 0.6 is 7.92 Å². The monoisotopic (exact) mass is 714 g/mol. The third-order valence-electron chi connectivity index (χ3n) is 5.21. The summed E-state index contributed by atoms with van der Waals surface area (Å²) in [6, 6.07) is 43.1. The van der Waals surface area contributed by atoms with Crippen molar-refractivity contribution in [3.05, 3.63) is 154 Å². The van der Waals surface area contributed by atoms with Gasteiger partial charge in [0.2, 0.25) is 0 Å². The molecule has 180 valence electrons. The summed E-state index contributed by atoms with van der Waals surface area (Å²) in [5.74, 6) is 0. The first-order chi connectivity index (χ1) is 16.3. The molecule has 36 heavy (non-hydrogen) atoms. The Morgan fingerprint density at radius 1 is 0.611 bits per heavy atom. The standard InChI is InChI=1S/C26H21P.C5H5.3ClH.Hf/c1-5-13-22(14-6-1)21-26(23-15-7-2-8-16-23)27(24-17-9-3-10-18-24)25-19-11-4-12-20-25;1-2-4-5-3-1;;;;/h1-21H;1-2,5H,3H2;3*1H;/q;;;;;+3/p-3. The van der Waals surface area contributed by atoms with Crippen LogP contribution in [0.25, 0.3) is 11.4 Å². The van der Waals surface area contributed by atoms with Crippen molar-refractivity contribution in [2.75, 3.05) is 0 Å². The van der Waals surface area contributed by atoms with E-state index in [-0.39, 0.29) is 37.2 Å². The fourth-order valence-electron chi connectivity index (χ4n) is 3.63. The number of hydrogen-bond acceptors (Lipinski definition) is 0. The fourth-order valence-corrected chi connectivity index (χ4v) is 6.96. The molecule has 0 N–H and O–H groups in total. The number of benzene rings is 4. The molecule has 0 aromatic heterocycles. The van der Waals surface area contributed by atoms with Crippen LogP contribution in [0.4, 0.5) is 0 Å². The molecule has 1 aliphatic carbocycles. The molecular formula is C31H26Cl3HfP. The van der Waals surface area contributed by atoms with Crippen LogP contribution < -0.4 is 47.8 Å². The van der Waals surface area contributed by atoms with Gasteiger partial charge in [0, 0.05) is 0 Å². The quantitative estimate of drug-likeness (QED) is 0.137. The van der Waals surface area contributed by atoms with E-state index in [1.165, 1.54) is 61.2 Å². The van der Waals surface area contributed by atoms with Crippen molar-refractivity contribution in [3.63, 3.8) is 0 Å². The van der Waals surface area contributed by atoms with Gasteiger partial charge in [-0.15, -0.1) is 0 Å². The predicted molar refractivity (Wildman–Crippen MR) is 142 cm³/mol. The summed E-state index contributed by atoms with van der Waals surface area (Å²) in [5, 5.41) is 4.10. The summed E-state index contributed by atoms with van der Waals surface area (Å²) in [6.45, 7) is 0. The van der Waals surface area contributed by atoms with Gasteiger partial charge in [0.25, 0.3) is 0 Å². The van der Waals surface area contributed by atoms with Crippen LogP contribution in [0.5, 0.6) is 0 Å². The van der Waals surface area contributed by atoms with Crippen molar-refractivity contribution in [3.8, 4) is 0 Å². The van der Waals surface area contributed by atoms with Crippen LogP contribution in [0.3, 0.4) is 0 Å². The maximum atomic E-state index is 2.35. The fraction of sp³-hybridized carbons (Fsp3) is 0.0323. The molecule has 5 rings (SSSR count). The van der Waals surface area contributed by atoms with Gasteiger partial charge in [0.15, 0.2) is 0 Å². The number of rotatable bonds is 5. The molecule has 0 spiro atoms. The van der Waals surface area contributed by atoms with Crippen LogP contribution in [0.15, 0.2) is 143 Å². The average Bonchev–Trinajstić information content (AvgIpc) is 3.37. The topological polar surface area (TPSA) is 0 Å². The molecule has 4 aromatic carbocycles. The SMILES string of the molecule is C(=C(c1ccccc1)P(c1ccccc1)c1ccccc1)c1ccccc1.[Cl-].[Cl-].[Cl-].[Hf+3][C]1=CCC=C1. The van der Waals surface area contributed by atoms with E-state index >= 15 is 0 Å². The Morgan fingerprint density at radius 3 is 1.44 bits per heavy atom. The molecule has 0 heterocycles. The van der Waals surface area contributed by atoms with Gasteiger partial charge in [-0.3, -0.25) is 0 Å². The second kappa shape index (κ2) is 17.7. The normalized spacial score (nSPS) is 11.8.